The Hall–Kier alpha value is -0.940. The molecule has 5 heteroatoms. The van der Waals surface area contributed by atoms with Gasteiger partial charge < -0.3 is 14.4 Å². The third-order valence-electron chi connectivity index (χ3n) is 2.23. The van der Waals surface area contributed by atoms with Gasteiger partial charge in [0.2, 0.25) is 5.89 Å². The summed E-state index contributed by atoms with van der Waals surface area (Å²) in [6.45, 7) is 3.87. The second-order valence-electron chi connectivity index (χ2n) is 3.57. The van der Waals surface area contributed by atoms with E-state index in [0.717, 1.165) is 12.8 Å². The van der Waals surface area contributed by atoms with Crippen molar-refractivity contribution in [2.24, 2.45) is 0 Å². The molecule has 0 saturated carbocycles. The van der Waals surface area contributed by atoms with E-state index in [1.54, 1.807) is 7.11 Å². The molecule has 0 aliphatic rings. The Morgan fingerprint density at radius 2 is 2.27 bits per heavy atom. The normalized spacial score (nSPS) is 15.2. The molecule has 0 spiro atoms. The van der Waals surface area contributed by atoms with Crippen molar-refractivity contribution in [1.82, 2.24) is 10.1 Å². The minimum Gasteiger partial charge on any atom is -0.393 e. The Kier molecular flexibility index (Phi) is 4.71. The van der Waals surface area contributed by atoms with Crippen LogP contribution < -0.4 is 0 Å². The maximum Gasteiger partial charge on any atom is 0.229 e. The Balaban J connectivity index is 2.52. The minimum absolute atomic E-state index is 0.175. The molecule has 0 saturated heterocycles. The van der Waals surface area contributed by atoms with Crippen molar-refractivity contribution in [1.29, 1.82) is 0 Å². The van der Waals surface area contributed by atoms with Crippen LogP contribution in [-0.2, 0) is 11.2 Å². The second-order valence-corrected chi connectivity index (χ2v) is 3.57. The molecule has 5 nitrogen and oxygen atoms in total. The highest BCUT2D eigenvalue weighted by Gasteiger charge is 2.15. The molecule has 1 aromatic heterocycles. The fourth-order valence-corrected chi connectivity index (χ4v) is 1.26. The summed E-state index contributed by atoms with van der Waals surface area (Å²) < 4.78 is 10.1. The molecule has 0 aromatic carbocycles. The predicted octanol–water partition coefficient (Wildman–Crippen LogP) is 1.48. The van der Waals surface area contributed by atoms with Gasteiger partial charge >= 0.3 is 0 Å². The van der Waals surface area contributed by atoms with Gasteiger partial charge in [-0.25, -0.2) is 0 Å². The maximum atomic E-state index is 9.55. The van der Waals surface area contributed by atoms with Gasteiger partial charge in [0.15, 0.2) is 5.82 Å². The van der Waals surface area contributed by atoms with Gasteiger partial charge in [0.1, 0.15) is 6.10 Å². The fraction of sp³-hybridized carbons (Fsp3) is 0.800. The number of aromatic nitrogens is 2. The number of rotatable bonds is 6. The Bertz CT molecular complexity index is 288. The molecular weight excluding hydrogens is 196 g/mol. The lowest BCUT2D eigenvalue weighted by Crippen LogP contribution is -2.10. The number of hydrogen-bond donors (Lipinski definition) is 1. The monoisotopic (exact) mass is 214 g/mol. The Morgan fingerprint density at radius 3 is 2.87 bits per heavy atom. The summed E-state index contributed by atoms with van der Waals surface area (Å²) in [7, 11) is 1.59. The van der Waals surface area contributed by atoms with E-state index in [1.807, 2.05) is 13.8 Å². The first-order valence-corrected chi connectivity index (χ1v) is 5.20. The molecule has 1 aromatic rings. The molecule has 0 bridgehead atoms. The van der Waals surface area contributed by atoms with Crippen molar-refractivity contribution in [3.05, 3.63) is 11.7 Å². The molecule has 0 radical (unpaired) electrons. The zero-order chi connectivity index (χ0) is 11.3. The molecule has 1 rings (SSSR count). The van der Waals surface area contributed by atoms with Gasteiger partial charge in [-0.1, -0.05) is 18.5 Å². The van der Waals surface area contributed by atoms with E-state index in [4.69, 9.17) is 9.26 Å². The van der Waals surface area contributed by atoms with E-state index < -0.39 is 6.10 Å². The third-order valence-corrected chi connectivity index (χ3v) is 2.23. The van der Waals surface area contributed by atoms with Crippen molar-refractivity contribution in [3.63, 3.8) is 0 Å². The van der Waals surface area contributed by atoms with E-state index in [1.165, 1.54) is 0 Å². The van der Waals surface area contributed by atoms with Crippen molar-refractivity contribution in [2.45, 2.75) is 45.3 Å². The van der Waals surface area contributed by atoms with E-state index in [9.17, 15) is 5.11 Å². The summed E-state index contributed by atoms with van der Waals surface area (Å²) in [5.41, 5.74) is 0. The third kappa shape index (κ3) is 3.60. The van der Waals surface area contributed by atoms with Crippen molar-refractivity contribution >= 4 is 0 Å². The molecule has 2 unspecified atom stereocenters. The lowest BCUT2D eigenvalue weighted by Gasteiger charge is -2.04. The molecule has 1 N–H and O–H groups in total. The summed E-state index contributed by atoms with van der Waals surface area (Å²) in [5.74, 6) is 0.992. The van der Waals surface area contributed by atoms with Crippen molar-refractivity contribution < 1.29 is 14.4 Å². The highest BCUT2D eigenvalue weighted by atomic mass is 16.5. The van der Waals surface area contributed by atoms with Crippen LogP contribution in [0.15, 0.2) is 4.52 Å². The molecule has 86 valence electrons. The summed E-state index contributed by atoms with van der Waals surface area (Å²) in [6, 6.07) is 0. The second kappa shape index (κ2) is 5.82. The van der Waals surface area contributed by atoms with Gasteiger partial charge in [-0.05, 0) is 13.3 Å². The SMILES string of the molecule is CCCC(O)Cc1nc(C(C)OC)no1. The number of nitrogens with zero attached hydrogens (tertiary/aromatic N) is 2. The Morgan fingerprint density at radius 1 is 1.53 bits per heavy atom. The van der Waals surface area contributed by atoms with Crippen LogP contribution in [0, 0.1) is 0 Å². The van der Waals surface area contributed by atoms with Crippen LogP contribution >= 0.6 is 0 Å². The van der Waals surface area contributed by atoms with E-state index in [2.05, 4.69) is 10.1 Å². The van der Waals surface area contributed by atoms with Gasteiger partial charge in [0, 0.05) is 7.11 Å². The number of aliphatic hydroxyl groups excluding tert-OH is 1. The van der Waals surface area contributed by atoms with Crippen molar-refractivity contribution in [3.8, 4) is 0 Å². The number of aliphatic hydroxyl groups is 1. The highest BCUT2D eigenvalue weighted by molar-refractivity contribution is 4.90. The van der Waals surface area contributed by atoms with E-state index in [0.29, 0.717) is 18.1 Å². The van der Waals surface area contributed by atoms with Crippen LogP contribution in [-0.4, -0.2) is 28.5 Å². The lowest BCUT2D eigenvalue weighted by molar-refractivity contribution is 0.109. The van der Waals surface area contributed by atoms with Gasteiger partial charge in [-0.15, -0.1) is 0 Å². The average molecular weight is 214 g/mol. The topological polar surface area (TPSA) is 68.4 Å². The zero-order valence-corrected chi connectivity index (χ0v) is 9.43. The smallest absolute Gasteiger partial charge is 0.229 e. The molecule has 0 amide bonds. The minimum atomic E-state index is -0.402. The summed E-state index contributed by atoms with van der Waals surface area (Å²) >= 11 is 0. The molecule has 1 heterocycles. The first kappa shape index (κ1) is 12.1. The largest absolute Gasteiger partial charge is 0.393 e. The van der Waals surface area contributed by atoms with Crippen LogP contribution in [0.1, 0.15) is 44.5 Å². The first-order chi connectivity index (χ1) is 7.17. The molecule has 15 heavy (non-hydrogen) atoms. The van der Waals surface area contributed by atoms with Crippen LogP contribution in [0.2, 0.25) is 0 Å². The fourth-order valence-electron chi connectivity index (χ4n) is 1.26. The van der Waals surface area contributed by atoms with E-state index >= 15 is 0 Å². The van der Waals surface area contributed by atoms with Gasteiger partial charge in [0.25, 0.3) is 0 Å². The zero-order valence-electron chi connectivity index (χ0n) is 9.43. The quantitative estimate of drug-likeness (QED) is 0.776. The number of hydrogen-bond acceptors (Lipinski definition) is 5. The maximum absolute atomic E-state index is 9.55. The summed E-state index contributed by atoms with van der Waals surface area (Å²) in [4.78, 5) is 4.14. The van der Waals surface area contributed by atoms with Crippen LogP contribution in [0.5, 0.6) is 0 Å². The van der Waals surface area contributed by atoms with Crippen molar-refractivity contribution in [2.75, 3.05) is 7.11 Å². The van der Waals surface area contributed by atoms with E-state index in [-0.39, 0.29) is 6.10 Å². The molecule has 2 atom stereocenters. The number of methoxy groups -OCH3 is 1. The van der Waals surface area contributed by atoms with Gasteiger partial charge in [0.05, 0.1) is 12.5 Å². The van der Waals surface area contributed by atoms with Crippen LogP contribution in [0.25, 0.3) is 0 Å². The Labute approximate surface area is 89.4 Å². The number of ether oxygens (including phenoxy) is 1. The van der Waals surface area contributed by atoms with Gasteiger partial charge in [-0.3, -0.25) is 0 Å². The summed E-state index contributed by atoms with van der Waals surface area (Å²) in [5, 5.41) is 13.3. The van der Waals surface area contributed by atoms with Crippen LogP contribution in [0.4, 0.5) is 0 Å². The average Bonchev–Trinajstić information content (AvgIpc) is 2.65. The molecule has 0 aliphatic carbocycles. The molecule has 0 aliphatic heterocycles. The van der Waals surface area contributed by atoms with Crippen LogP contribution in [0.3, 0.4) is 0 Å². The molecular formula is C10H18N2O3. The predicted molar refractivity (Wildman–Crippen MR) is 54.3 cm³/mol. The lowest BCUT2D eigenvalue weighted by atomic mass is 10.1. The summed E-state index contributed by atoms with van der Waals surface area (Å²) in [6.07, 6.45) is 1.53. The van der Waals surface area contributed by atoms with Gasteiger partial charge in [-0.2, -0.15) is 4.98 Å². The highest BCUT2D eigenvalue weighted by Crippen LogP contribution is 2.13. The molecule has 0 fully saturated rings. The standard InChI is InChI=1S/C10H18N2O3/c1-4-5-8(13)6-9-11-10(12-15-9)7(2)14-3/h7-8,13H,4-6H2,1-3H3. The first-order valence-electron chi connectivity index (χ1n) is 5.20.